The predicted molar refractivity (Wildman–Crippen MR) is 116 cm³/mol. The van der Waals surface area contributed by atoms with Crippen molar-refractivity contribution in [2.24, 2.45) is 4.99 Å². The summed E-state index contributed by atoms with van der Waals surface area (Å²) in [5.41, 5.74) is 1.23. The van der Waals surface area contributed by atoms with Crippen LogP contribution in [-0.2, 0) is 0 Å². The van der Waals surface area contributed by atoms with Crippen LogP contribution in [0.25, 0.3) is 0 Å². The van der Waals surface area contributed by atoms with E-state index in [4.69, 9.17) is 14.5 Å². The molecule has 1 atom stereocenters. The summed E-state index contributed by atoms with van der Waals surface area (Å²) in [4.78, 5) is 7.19. The van der Waals surface area contributed by atoms with Crippen molar-refractivity contribution in [2.45, 2.75) is 45.8 Å². The Morgan fingerprint density at radius 1 is 1.29 bits per heavy atom. The largest absolute Gasteiger partial charge is 0.493 e. The maximum Gasteiger partial charge on any atom is 0.191 e. The van der Waals surface area contributed by atoms with Crippen molar-refractivity contribution >= 4 is 5.96 Å². The quantitative estimate of drug-likeness (QED) is 0.387. The van der Waals surface area contributed by atoms with E-state index in [9.17, 15) is 0 Å². The van der Waals surface area contributed by atoms with E-state index >= 15 is 0 Å². The lowest BCUT2D eigenvalue weighted by Gasteiger charge is -2.33. The molecule has 1 saturated heterocycles. The number of para-hydroxylation sites is 2. The molecule has 0 spiro atoms. The molecule has 0 amide bonds. The lowest BCUT2D eigenvalue weighted by atomic mass is 10.0. The second-order valence-electron chi connectivity index (χ2n) is 7.45. The molecule has 156 valence electrons. The highest BCUT2D eigenvalue weighted by Gasteiger charge is 2.20. The smallest absolute Gasteiger partial charge is 0.191 e. The summed E-state index contributed by atoms with van der Waals surface area (Å²) in [6, 6.07) is 8.14. The first-order chi connectivity index (χ1) is 13.5. The van der Waals surface area contributed by atoms with Crippen LogP contribution in [0, 0.1) is 0 Å². The second kappa shape index (κ2) is 11.6. The number of likely N-dealkylation sites (tertiary alicyclic amines) is 1. The molecule has 0 radical (unpaired) electrons. The highest BCUT2D eigenvalue weighted by Crippen LogP contribution is 2.26. The molecule has 6 nitrogen and oxygen atoms in total. The standard InChI is InChI=1S/C22H36N4O2/c1-6-23-22(25-19-11-13-26(14-12-19)16-17(2)3)24-15-18(4)28-21-10-8-7-9-20(21)27-5/h7-10,18-19H,2,6,11-16H2,1,3-5H3,(H2,23,24,25). The van der Waals surface area contributed by atoms with Gasteiger partial charge in [0.25, 0.3) is 0 Å². The molecule has 1 unspecified atom stereocenters. The second-order valence-corrected chi connectivity index (χ2v) is 7.45. The average molecular weight is 389 g/mol. The van der Waals surface area contributed by atoms with Crippen molar-refractivity contribution in [3.8, 4) is 11.5 Å². The molecule has 1 heterocycles. The van der Waals surface area contributed by atoms with Gasteiger partial charge in [0.2, 0.25) is 0 Å². The van der Waals surface area contributed by atoms with Crippen LogP contribution in [0.3, 0.4) is 0 Å². The fourth-order valence-electron chi connectivity index (χ4n) is 3.32. The fourth-order valence-corrected chi connectivity index (χ4v) is 3.32. The van der Waals surface area contributed by atoms with E-state index < -0.39 is 0 Å². The Labute approximate surface area is 170 Å². The number of piperidine rings is 1. The third kappa shape index (κ3) is 7.43. The third-order valence-electron chi connectivity index (χ3n) is 4.67. The highest BCUT2D eigenvalue weighted by molar-refractivity contribution is 5.80. The summed E-state index contributed by atoms with van der Waals surface area (Å²) in [7, 11) is 1.65. The Bertz CT molecular complexity index is 639. The zero-order valence-corrected chi connectivity index (χ0v) is 17.8. The number of guanidine groups is 1. The lowest BCUT2D eigenvalue weighted by molar-refractivity contribution is 0.217. The molecule has 1 aromatic rings. The number of benzene rings is 1. The molecule has 0 bridgehead atoms. The lowest BCUT2D eigenvalue weighted by Crippen LogP contribution is -2.49. The van der Waals surface area contributed by atoms with Gasteiger partial charge in [-0.25, -0.2) is 4.99 Å². The number of aliphatic imine (C=N–C) groups is 1. The minimum absolute atomic E-state index is 0.0517. The number of nitrogens with one attached hydrogen (secondary N) is 2. The zero-order valence-electron chi connectivity index (χ0n) is 17.8. The Morgan fingerprint density at radius 3 is 2.57 bits per heavy atom. The van der Waals surface area contributed by atoms with E-state index in [-0.39, 0.29) is 6.10 Å². The third-order valence-corrected chi connectivity index (χ3v) is 4.67. The number of hydrogen-bond donors (Lipinski definition) is 2. The van der Waals surface area contributed by atoms with Crippen molar-refractivity contribution in [3.05, 3.63) is 36.4 Å². The van der Waals surface area contributed by atoms with Crippen LogP contribution in [0.4, 0.5) is 0 Å². The highest BCUT2D eigenvalue weighted by atomic mass is 16.5. The van der Waals surface area contributed by atoms with E-state index in [1.54, 1.807) is 7.11 Å². The first-order valence-corrected chi connectivity index (χ1v) is 10.2. The zero-order chi connectivity index (χ0) is 20.4. The Kier molecular flexibility index (Phi) is 9.14. The minimum atomic E-state index is -0.0517. The topological polar surface area (TPSA) is 58.1 Å². The summed E-state index contributed by atoms with van der Waals surface area (Å²) in [5, 5.41) is 6.93. The van der Waals surface area contributed by atoms with E-state index in [2.05, 4.69) is 36.0 Å². The fraction of sp³-hybridized carbons (Fsp3) is 0.591. The maximum atomic E-state index is 6.00. The van der Waals surface area contributed by atoms with E-state index in [0.717, 1.165) is 56.5 Å². The first-order valence-electron chi connectivity index (χ1n) is 10.2. The van der Waals surface area contributed by atoms with Gasteiger partial charge in [-0.1, -0.05) is 24.3 Å². The molecule has 1 aromatic carbocycles. The molecule has 1 aliphatic heterocycles. The molecule has 2 rings (SSSR count). The van der Waals surface area contributed by atoms with Crippen molar-refractivity contribution < 1.29 is 9.47 Å². The van der Waals surface area contributed by atoms with Crippen LogP contribution in [0.15, 0.2) is 41.4 Å². The molecular weight excluding hydrogens is 352 g/mol. The van der Waals surface area contributed by atoms with Crippen molar-refractivity contribution in [1.82, 2.24) is 15.5 Å². The van der Waals surface area contributed by atoms with Gasteiger partial charge in [0.05, 0.1) is 13.7 Å². The van der Waals surface area contributed by atoms with Crippen LogP contribution in [-0.4, -0.2) is 62.8 Å². The van der Waals surface area contributed by atoms with Crippen LogP contribution < -0.4 is 20.1 Å². The molecule has 1 fully saturated rings. The van der Waals surface area contributed by atoms with Gasteiger partial charge in [-0.05, 0) is 45.7 Å². The monoisotopic (exact) mass is 388 g/mol. The number of nitrogens with zero attached hydrogens (tertiary/aromatic N) is 2. The number of ether oxygens (including phenoxy) is 2. The Balaban J connectivity index is 1.85. The Hall–Kier alpha value is -2.21. The van der Waals surface area contributed by atoms with Gasteiger partial charge in [0.1, 0.15) is 6.10 Å². The van der Waals surface area contributed by atoms with E-state index in [1.165, 1.54) is 5.57 Å². The van der Waals surface area contributed by atoms with Gasteiger partial charge >= 0.3 is 0 Å². The van der Waals surface area contributed by atoms with Crippen LogP contribution in [0.1, 0.15) is 33.6 Å². The molecule has 0 aromatic heterocycles. The number of methoxy groups -OCH3 is 1. The normalized spacial score (nSPS) is 17.1. The molecule has 0 aliphatic carbocycles. The van der Waals surface area contributed by atoms with Gasteiger partial charge in [0.15, 0.2) is 17.5 Å². The number of hydrogen-bond acceptors (Lipinski definition) is 4. The van der Waals surface area contributed by atoms with Gasteiger partial charge in [-0.3, -0.25) is 4.90 Å². The van der Waals surface area contributed by atoms with E-state index in [1.807, 2.05) is 31.2 Å². The molecule has 6 heteroatoms. The molecule has 28 heavy (non-hydrogen) atoms. The molecular formula is C22H36N4O2. The molecule has 1 aliphatic rings. The first kappa shape index (κ1) is 22.1. The summed E-state index contributed by atoms with van der Waals surface area (Å²) in [6.07, 6.45) is 2.18. The van der Waals surface area contributed by atoms with Crippen molar-refractivity contribution in [3.63, 3.8) is 0 Å². The minimum Gasteiger partial charge on any atom is -0.493 e. The van der Waals surface area contributed by atoms with Gasteiger partial charge < -0.3 is 20.1 Å². The average Bonchev–Trinajstić information content (AvgIpc) is 2.68. The summed E-state index contributed by atoms with van der Waals surface area (Å²) in [6.45, 7) is 14.8. The molecule has 0 saturated carbocycles. The van der Waals surface area contributed by atoms with Crippen molar-refractivity contribution in [2.75, 3.05) is 39.8 Å². The maximum absolute atomic E-state index is 6.00. The van der Waals surface area contributed by atoms with Gasteiger partial charge in [-0.2, -0.15) is 0 Å². The molecule has 2 N–H and O–H groups in total. The predicted octanol–water partition coefficient (Wildman–Crippen LogP) is 3.06. The summed E-state index contributed by atoms with van der Waals surface area (Å²) in [5.74, 6) is 2.34. The van der Waals surface area contributed by atoms with Crippen LogP contribution >= 0.6 is 0 Å². The van der Waals surface area contributed by atoms with Crippen LogP contribution in [0.5, 0.6) is 11.5 Å². The SMILES string of the molecule is C=C(C)CN1CCC(NC(=NCC(C)Oc2ccccc2OC)NCC)CC1. The van der Waals surface area contributed by atoms with Gasteiger partial charge in [0, 0.05) is 32.2 Å². The van der Waals surface area contributed by atoms with Gasteiger partial charge in [-0.15, -0.1) is 0 Å². The van der Waals surface area contributed by atoms with Crippen molar-refractivity contribution in [1.29, 1.82) is 0 Å². The number of rotatable bonds is 9. The summed E-state index contributed by atoms with van der Waals surface area (Å²) < 4.78 is 11.4. The Morgan fingerprint density at radius 2 is 1.96 bits per heavy atom. The summed E-state index contributed by atoms with van der Waals surface area (Å²) >= 11 is 0. The van der Waals surface area contributed by atoms with Crippen LogP contribution in [0.2, 0.25) is 0 Å². The van der Waals surface area contributed by atoms with E-state index in [0.29, 0.717) is 12.6 Å².